The lowest BCUT2D eigenvalue weighted by Crippen LogP contribution is -2.21. The molecule has 0 amide bonds. The predicted molar refractivity (Wildman–Crippen MR) is 125 cm³/mol. The van der Waals surface area contributed by atoms with Gasteiger partial charge in [0.05, 0.1) is 12.1 Å². The van der Waals surface area contributed by atoms with Gasteiger partial charge in [0, 0.05) is 40.7 Å². The number of aryl methyl sites for hydroxylation is 2. The Hall–Kier alpha value is -3.05. The predicted octanol–water partition coefficient (Wildman–Crippen LogP) is 5.99. The van der Waals surface area contributed by atoms with Gasteiger partial charge >= 0.3 is 0 Å². The highest BCUT2D eigenvalue weighted by Gasteiger charge is 2.11. The maximum absolute atomic E-state index is 6.08. The Kier molecular flexibility index (Phi) is 5.51. The van der Waals surface area contributed by atoms with E-state index in [0.29, 0.717) is 5.88 Å². The van der Waals surface area contributed by atoms with Gasteiger partial charge < -0.3 is 19.4 Å². The van der Waals surface area contributed by atoms with Crippen LogP contribution in [0, 0.1) is 13.8 Å². The molecule has 0 atom stereocenters. The number of rotatable bonds is 7. The van der Waals surface area contributed by atoms with Crippen LogP contribution in [-0.2, 0) is 0 Å². The minimum absolute atomic E-state index is 0.586. The summed E-state index contributed by atoms with van der Waals surface area (Å²) >= 11 is 0. The van der Waals surface area contributed by atoms with Crippen molar-refractivity contribution in [1.82, 2.24) is 14.9 Å². The van der Waals surface area contributed by atoms with Crippen LogP contribution in [0.25, 0.3) is 21.8 Å². The van der Waals surface area contributed by atoms with E-state index >= 15 is 0 Å². The van der Waals surface area contributed by atoms with Crippen LogP contribution in [-0.4, -0.2) is 41.1 Å². The summed E-state index contributed by atoms with van der Waals surface area (Å²) in [5.41, 5.74) is 4.44. The van der Waals surface area contributed by atoms with Crippen molar-refractivity contribution in [1.29, 1.82) is 0 Å². The third-order valence-electron chi connectivity index (χ3n) is 6.23. The standard InChI is InChI=1S/C26H29N3O2/c1-18-19(2)27-24-10-9-22(16-23(18)24)31-26-11-7-20-6-8-21(17-25(20)28-26)30-15-5-14-29-12-3-4-13-29/h6-11,16-17,27H,3-5,12-15H2,1-2H3. The van der Waals surface area contributed by atoms with Gasteiger partial charge in [-0.05, 0) is 88.2 Å². The number of pyridine rings is 1. The highest BCUT2D eigenvalue weighted by atomic mass is 16.5. The third-order valence-corrected chi connectivity index (χ3v) is 6.23. The topological polar surface area (TPSA) is 50.4 Å². The molecule has 1 N–H and O–H groups in total. The number of H-pyrrole nitrogens is 1. The summed E-state index contributed by atoms with van der Waals surface area (Å²) in [6.45, 7) is 8.53. The number of aromatic amines is 1. The number of nitrogens with one attached hydrogen (secondary N) is 1. The minimum atomic E-state index is 0.586. The molecule has 2 aromatic heterocycles. The Morgan fingerprint density at radius 2 is 1.77 bits per heavy atom. The Bertz CT molecular complexity index is 1210. The summed E-state index contributed by atoms with van der Waals surface area (Å²) in [7, 11) is 0. The zero-order valence-electron chi connectivity index (χ0n) is 18.3. The molecule has 31 heavy (non-hydrogen) atoms. The van der Waals surface area contributed by atoms with Gasteiger partial charge in [-0.1, -0.05) is 0 Å². The van der Waals surface area contributed by atoms with Gasteiger partial charge in [0.1, 0.15) is 11.5 Å². The lowest BCUT2D eigenvalue weighted by Gasteiger charge is -2.14. The highest BCUT2D eigenvalue weighted by Crippen LogP contribution is 2.29. The number of aromatic nitrogens is 2. The molecule has 2 aromatic carbocycles. The van der Waals surface area contributed by atoms with Crippen molar-refractivity contribution >= 4 is 21.8 Å². The minimum Gasteiger partial charge on any atom is -0.493 e. The molecule has 5 rings (SSSR count). The zero-order valence-corrected chi connectivity index (χ0v) is 18.3. The molecule has 160 valence electrons. The lowest BCUT2D eigenvalue weighted by atomic mass is 10.1. The van der Waals surface area contributed by atoms with Gasteiger partial charge in [-0.15, -0.1) is 0 Å². The molecular weight excluding hydrogens is 386 g/mol. The largest absolute Gasteiger partial charge is 0.493 e. The van der Waals surface area contributed by atoms with Crippen LogP contribution in [0.4, 0.5) is 0 Å². The Morgan fingerprint density at radius 3 is 2.65 bits per heavy atom. The molecule has 5 nitrogen and oxygen atoms in total. The molecule has 3 heterocycles. The monoisotopic (exact) mass is 415 g/mol. The lowest BCUT2D eigenvalue weighted by molar-refractivity contribution is 0.263. The van der Waals surface area contributed by atoms with E-state index in [1.54, 1.807) is 0 Å². The van der Waals surface area contributed by atoms with Crippen molar-refractivity contribution in [3.8, 4) is 17.4 Å². The first-order chi connectivity index (χ1) is 15.2. The Balaban J connectivity index is 1.27. The van der Waals surface area contributed by atoms with Gasteiger partial charge in [0.15, 0.2) is 0 Å². The first-order valence-electron chi connectivity index (χ1n) is 11.2. The van der Waals surface area contributed by atoms with Crippen LogP contribution in [0.2, 0.25) is 0 Å². The average molecular weight is 416 g/mol. The maximum Gasteiger partial charge on any atom is 0.219 e. The number of fused-ring (bicyclic) bond motifs is 2. The van der Waals surface area contributed by atoms with Crippen molar-refractivity contribution in [3.63, 3.8) is 0 Å². The van der Waals surface area contributed by atoms with Crippen molar-refractivity contribution < 1.29 is 9.47 Å². The summed E-state index contributed by atoms with van der Waals surface area (Å²) in [5, 5.41) is 2.25. The van der Waals surface area contributed by atoms with E-state index in [-0.39, 0.29) is 0 Å². The van der Waals surface area contributed by atoms with Gasteiger partial charge in [-0.3, -0.25) is 0 Å². The smallest absolute Gasteiger partial charge is 0.219 e. The van der Waals surface area contributed by atoms with Crippen LogP contribution >= 0.6 is 0 Å². The highest BCUT2D eigenvalue weighted by molar-refractivity contribution is 5.86. The first kappa shape index (κ1) is 19.9. The normalized spacial score (nSPS) is 14.5. The molecule has 0 aliphatic carbocycles. The van der Waals surface area contributed by atoms with Crippen molar-refractivity contribution in [2.45, 2.75) is 33.1 Å². The number of benzene rings is 2. The number of hydrogen-bond acceptors (Lipinski definition) is 4. The molecule has 0 saturated carbocycles. The van der Waals surface area contributed by atoms with E-state index in [2.05, 4.69) is 41.9 Å². The molecule has 0 unspecified atom stereocenters. The van der Waals surface area contributed by atoms with Crippen molar-refractivity contribution in [3.05, 3.63) is 59.8 Å². The van der Waals surface area contributed by atoms with Crippen LogP contribution in [0.15, 0.2) is 48.5 Å². The summed E-state index contributed by atoms with van der Waals surface area (Å²) < 4.78 is 12.1. The molecule has 1 fully saturated rings. The van der Waals surface area contributed by atoms with Gasteiger partial charge in [0.2, 0.25) is 5.88 Å². The second-order valence-corrected chi connectivity index (χ2v) is 8.44. The first-order valence-corrected chi connectivity index (χ1v) is 11.2. The number of ether oxygens (including phenoxy) is 2. The summed E-state index contributed by atoms with van der Waals surface area (Å²) in [5.74, 6) is 2.23. The quantitative estimate of drug-likeness (QED) is 0.377. The second kappa shape index (κ2) is 8.60. The molecule has 4 aromatic rings. The van der Waals surface area contributed by atoms with E-state index in [1.807, 2.05) is 30.3 Å². The Labute approximate surface area is 183 Å². The Morgan fingerprint density at radius 1 is 0.968 bits per heavy atom. The fourth-order valence-electron chi connectivity index (χ4n) is 4.33. The van der Waals surface area contributed by atoms with E-state index in [9.17, 15) is 0 Å². The fourth-order valence-corrected chi connectivity index (χ4v) is 4.33. The van der Waals surface area contributed by atoms with Gasteiger partial charge in [-0.2, -0.15) is 0 Å². The summed E-state index contributed by atoms with van der Waals surface area (Å²) in [6, 6.07) is 16.1. The maximum atomic E-state index is 6.08. The van der Waals surface area contributed by atoms with E-state index < -0.39 is 0 Å². The fraction of sp³-hybridized carbons (Fsp3) is 0.346. The average Bonchev–Trinajstić information content (AvgIpc) is 3.39. The van der Waals surface area contributed by atoms with Crippen molar-refractivity contribution in [2.75, 3.05) is 26.2 Å². The van der Waals surface area contributed by atoms with Crippen LogP contribution in [0.5, 0.6) is 17.4 Å². The molecular formula is C26H29N3O2. The van der Waals surface area contributed by atoms with Crippen molar-refractivity contribution in [2.24, 2.45) is 0 Å². The number of nitrogens with zero attached hydrogens (tertiary/aromatic N) is 2. The van der Waals surface area contributed by atoms with E-state index in [1.165, 1.54) is 42.6 Å². The van der Waals surface area contributed by atoms with E-state index in [0.717, 1.165) is 47.5 Å². The summed E-state index contributed by atoms with van der Waals surface area (Å²) in [6.07, 6.45) is 3.72. The number of hydrogen-bond donors (Lipinski definition) is 1. The molecule has 0 spiro atoms. The molecule has 1 saturated heterocycles. The second-order valence-electron chi connectivity index (χ2n) is 8.44. The molecule has 0 bridgehead atoms. The van der Waals surface area contributed by atoms with Crippen LogP contribution < -0.4 is 9.47 Å². The van der Waals surface area contributed by atoms with Crippen LogP contribution in [0.3, 0.4) is 0 Å². The molecule has 5 heteroatoms. The van der Waals surface area contributed by atoms with Gasteiger partial charge in [-0.25, -0.2) is 4.98 Å². The van der Waals surface area contributed by atoms with Gasteiger partial charge in [0.25, 0.3) is 0 Å². The summed E-state index contributed by atoms with van der Waals surface area (Å²) in [4.78, 5) is 10.6. The molecule has 0 radical (unpaired) electrons. The third kappa shape index (κ3) is 4.37. The van der Waals surface area contributed by atoms with E-state index in [4.69, 9.17) is 14.5 Å². The zero-order chi connectivity index (χ0) is 21.2. The molecule has 1 aliphatic rings. The number of likely N-dealkylation sites (tertiary alicyclic amines) is 1. The van der Waals surface area contributed by atoms with Crippen LogP contribution in [0.1, 0.15) is 30.5 Å². The SMILES string of the molecule is Cc1[nH]c2ccc(Oc3ccc4ccc(OCCCN5CCCC5)cc4n3)cc2c1C. The molecule has 1 aliphatic heterocycles.